The molecule has 2 bridgehead atoms. The highest BCUT2D eigenvalue weighted by atomic mass is 16.6. The summed E-state index contributed by atoms with van der Waals surface area (Å²) in [7, 11) is 1.23. The molecular formula is C17H20O5. The molecule has 0 unspecified atom stereocenters. The van der Waals surface area contributed by atoms with Gasteiger partial charge in [-0.05, 0) is 31.2 Å². The predicted octanol–water partition coefficient (Wildman–Crippen LogP) is 1.79. The van der Waals surface area contributed by atoms with Gasteiger partial charge in [-0.25, -0.2) is 4.79 Å². The van der Waals surface area contributed by atoms with Gasteiger partial charge in [0.15, 0.2) is 5.60 Å². The second-order valence-corrected chi connectivity index (χ2v) is 6.10. The van der Waals surface area contributed by atoms with Gasteiger partial charge < -0.3 is 14.6 Å². The molecule has 0 spiro atoms. The normalized spacial score (nSPS) is 34.5. The Balaban J connectivity index is 2.05. The number of hydrogen-bond donors (Lipinski definition) is 1. The SMILES string of the molecule is COC(=O)[C@]1(O)C[C@@H](c2ccccc2)[C@@H]2CCC[C@H]1C(=O)O2. The Morgan fingerprint density at radius 1 is 1.32 bits per heavy atom. The third kappa shape index (κ3) is 2.39. The van der Waals surface area contributed by atoms with Crippen molar-refractivity contribution in [3.63, 3.8) is 0 Å². The van der Waals surface area contributed by atoms with E-state index in [1.807, 2.05) is 30.3 Å². The minimum Gasteiger partial charge on any atom is -0.467 e. The van der Waals surface area contributed by atoms with E-state index in [1.165, 1.54) is 7.11 Å². The molecule has 1 N–H and O–H groups in total. The highest BCUT2D eigenvalue weighted by Crippen LogP contribution is 2.45. The third-order valence-corrected chi connectivity index (χ3v) is 4.86. The fourth-order valence-corrected chi connectivity index (χ4v) is 3.69. The first kappa shape index (κ1) is 15.0. The van der Waals surface area contributed by atoms with Crippen molar-refractivity contribution in [1.29, 1.82) is 0 Å². The Morgan fingerprint density at radius 2 is 2.05 bits per heavy atom. The number of hydrogen-bond acceptors (Lipinski definition) is 5. The summed E-state index contributed by atoms with van der Waals surface area (Å²) in [6, 6.07) is 9.58. The summed E-state index contributed by atoms with van der Waals surface area (Å²) >= 11 is 0. The van der Waals surface area contributed by atoms with Crippen molar-refractivity contribution in [3.8, 4) is 0 Å². The molecule has 1 aromatic carbocycles. The van der Waals surface area contributed by atoms with Crippen LogP contribution in [0.2, 0.25) is 0 Å². The summed E-state index contributed by atoms with van der Waals surface area (Å²) in [6.45, 7) is 0. The monoisotopic (exact) mass is 304 g/mol. The quantitative estimate of drug-likeness (QED) is 0.843. The van der Waals surface area contributed by atoms with Gasteiger partial charge in [0.25, 0.3) is 0 Å². The van der Waals surface area contributed by atoms with Crippen LogP contribution in [-0.4, -0.2) is 35.9 Å². The van der Waals surface area contributed by atoms with Gasteiger partial charge in [0.2, 0.25) is 0 Å². The van der Waals surface area contributed by atoms with Crippen molar-refractivity contribution in [2.45, 2.75) is 43.3 Å². The van der Waals surface area contributed by atoms with Crippen molar-refractivity contribution in [2.24, 2.45) is 5.92 Å². The molecule has 0 saturated carbocycles. The molecule has 0 amide bonds. The molecule has 2 heterocycles. The van der Waals surface area contributed by atoms with Gasteiger partial charge >= 0.3 is 11.9 Å². The van der Waals surface area contributed by atoms with E-state index >= 15 is 0 Å². The second kappa shape index (κ2) is 5.72. The van der Waals surface area contributed by atoms with E-state index < -0.39 is 23.5 Å². The lowest BCUT2D eigenvalue weighted by Gasteiger charge is -2.34. The van der Waals surface area contributed by atoms with E-state index in [0.717, 1.165) is 18.4 Å². The Labute approximate surface area is 129 Å². The van der Waals surface area contributed by atoms with Crippen LogP contribution >= 0.6 is 0 Å². The minimum atomic E-state index is -1.82. The topological polar surface area (TPSA) is 72.8 Å². The Kier molecular flexibility index (Phi) is 3.91. The van der Waals surface area contributed by atoms with Crippen molar-refractivity contribution in [3.05, 3.63) is 35.9 Å². The molecule has 0 aromatic heterocycles. The van der Waals surface area contributed by atoms with Gasteiger partial charge in [-0.1, -0.05) is 30.3 Å². The first-order valence-electron chi connectivity index (χ1n) is 7.62. The van der Waals surface area contributed by atoms with Crippen LogP contribution in [0.4, 0.5) is 0 Å². The number of rotatable bonds is 2. The van der Waals surface area contributed by atoms with Crippen molar-refractivity contribution < 1.29 is 24.2 Å². The first-order valence-corrected chi connectivity index (χ1v) is 7.62. The molecule has 2 saturated heterocycles. The number of ether oxygens (including phenoxy) is 2. The van der Waals surface area contributed by atoms with E-state index in [2.05, 4.69) is 0 Å². The highest BCUT2D eigenvalue weighted by Gasteiger charge is 2.56. The summed E-state index contributed by atoms with van der Waals surface area (Å²) in [5.41, 5.74) is -0.855. The van der Waals surface area contributed by atoms with E-state index in [4.69, 9.17) is 9.47 Å². The zero-order valence-electron chi connectivity index (χ0n) is 12.5. The standard InChI is InChI=1S/C17H20O5/c1-21-16(19)17(20)10-12(11-6-3-2-4-7-11)14-9-5-8-13(17)15(18)22-14/h2-4,6-7,12-14,20H,5,8-10H2,1H3/t12-,13-,14-,17-/m0/s1. The van der Waals surface area contributed by atoms with Gasteiger partial charge in [0.05, 0.1) is 13.0 Å². The molecule has 5 heteroatoms. The Morgan fingerprint density at radius 3 is 2.73 bits per heavy atom. The van der Waals surface area contributed by atoms with Crippen LogP contribution < -0.4 is 0 Å². The number of benzene rings is 1. The van der Waals surface area contributed by atoms with Crippen LogP contribution in [0.15, 0.2) is 30.3 Å². The van der Waals surface area contributed by atoms with Gasteiger partial charge in [0.1, 0.15) is 6.10 Å². The molecule has 2 aliphatic rings. The summed E-state index contributed by atoms with van der Waals surface area (Å²) < 4.78 is 10.4. The first-order chi connectivity index (χ1) is 10.6. The zero-order valence-corrected chi connectivity index (χ0v) is 12.5. The molecule has 2 aliphatic heterocycles. The molecule has 3 rings (SSSR count). The van der Waals surface area contributed by atoms with Crippen molar-refractivity contribution in [1.82, 2.24) is 0 Å². The molecule has 5 nitrogen and oxygen atoms in total. The van der Waals surface area contributed by atoms with Crippen molar-refractivity contribution >= 4 is 11.9 Å². The molecule has 0 aliphatic carbocycles. The van der Waals surface area contributed by atoms with Crippen LogP contribution in [0.25, 0.3) is 0 Å². The fraction of sp³-hybridized carbons (Fsp3) is 0.529. The summed E-state index contributed by atoms with van der Waals surface area (Å²) in [4.78, 5) is 24.5. The summed E-state index contributed by atoms with van der Waals surface area (Å²) in [5.74, 6) is -2.30. The molecule has 1 aromatic rings. The lowest BCUT2D eigenvalue weighted by atomic mass is 9.72. The van der Waals surface area contributed by atoms with Crippen LogP contribution in [0, 0.1) is 5.92 Å². The maximum atomic E-state index is 12.3. The van der Waals surface area contributed by atoms with Gasteiger partial charge in [-0.2, -0.15) is 0 Å². The lowest BCUT2D eigenvalue weighted by Crippen LogP contribution is -2.50. The van der Waals surface area contributed by atoms with E-state index in [9.17, 15) is 14.7 Å². The van der Waals surface area contributed by atoms with E-state index in [-0.39, 0.29) is 18.4 Å². The Bertz CT molecular complexity index is 570. The molecular weight excluding hydrogens is 284 g/mol. The van der Waals surface area contributed by atoms with Crippen molar-refractivity contribution in [2.75, 3.05) is 7.11 Å². The largest absolute Gasteiger partial charge is 0.467 e. The molecule has 22 heavy (non-hydrogen) atoms. The van der Waals surface area contributed by atoms with Crippen LogP contribution in [0.5, 0.6) is 0 Å². The average molecular weight is 304 g/mol. The molecule has 0 radical (unpaired) electrons. The molecule has 4 atom stereocenters. The average Bonchev–Trinajstić information content (AvgIpc) is 2.78. The van der Waals surface area contributed by atoms with Crippen LogP contribution in [-0.2, 0) is 19.1 Å². The molecule has 118 valence electrons. The smallest absolute Gasteiger partial charge is 0.338 e. The number of carbonyl (C=O) groups is 2. The fourth-order valence-electron chi connectivity index (χ4n) is 3.69. The summed E-state index contributed by atoms with van der Waals surface area (Å²) in [6.07, 6.45) is 1.77. The third-order valence-electron chi connectivity index (χ3n) is 4.86. The maximum absolute atomic E-state index is 12.3. The number of aliphatic hydroxyl groups is 1. The van der Waals surface area contributed by atoms with Gasteiger partial charge in [-0.15, -0.1) is 0 Å². The van der Waals surface area contributed by atoms with E-state index in [0.29, 0.717) is 6.42 Å². The lowest BCUT2D eigenvalue weighted by molar-refractivity contribution is -0.177. The minimum absolute atomic E-state index is 0.144. The number of methoxy groups -OCH3 is 1. The molecule has 2 fully saturated rings. The number of fused-ring (bicyclic) bond motifs is 3. The van der Waals surface area contributed by atoms with Crippen LogP contribution in [0.3, 0.4) is 0 Å². The van der Waals surface area contributed by atoms with Gasteiger partial charge in [0, 0.05) is 5.92 Å². The maximum Gasteiger partial charge on any atom is 0.338 e. The van der Waals surface area contributed by atoms with E-state index in [1.54, 1.807) is 0 Å². The number of esters is 2. The second-order valence-electron chi connectivity index (χ2n) is 6.10. The number of carbonyl (C=O) groups excluding carboxylic acids is 2. The highest BCUT2D eigenvalue weighted by molar-refractivity contribution is 5.88. The van der Waals surface area contributed by atoms with Gasteiger partial charge in [-0.3, -0.25) is 4.79 Å². The zero-order chi connectivity index (χ0) is 15.7. The Hall–Kier alpha value is -1.88. The predicted molar refractivity (Wildman–Crippen MR) is 78.0 cm³/mol. The summed E-state index contributed by atoms with van der Waals surface area (Å²) in [5, 5.41) is 11.0. The van der Waals surface area contributed by atoms with Crippen LogP contribution in [0.1, 0.15) is 37.2 Å².